The quantitative estimate of drug-likeness (QED) is 0.584. The van der Waals surface area contributed by atoms with E-state index < -0.39 is 5.92 Å². The molecule has 198 valence electrons. The summed E-state index contributed by atoms with van der Waals surface area (Å²) in [5.41, 5.74) is 4.44. The molecule has 8 nitrogen and oxygen atoms in total. The van der Waals surface area contributed by atoms with Gasteiger partial charge in [-0.05, 0) is 78.5 Å². The van der Waals surface area contributed by atoms with Crippen LogP contribution in [-0.4, -0.2) is 49.9 Å². The van der Waals surface area contributed by atoms with Gasteiger partial charge in [0.15, 0.2) is 5.65 Å². The fourth-order valence-electron chi connectivity index (χ4n) is 5.66. The van der Waals surface area contributed by atoms with Gasteiger partial charge in [-0.3, -0.25) is 9.59 Å². The third-order valence-electron chi connectivity index (χ3n) is 6.95. The summed E-state index contributed by atoms with van der Waals surface area (Å²) >= 11 is 0. The highest BCUT2D eigenvalue weighted by atomic mass is 16.2. The first-order chi connectivity index (χ1) is 17.2. The Kier molecular flexibility index (Phi) is 7.01. The Morgan fingerprint density at radius 1 is 1.22 bits per heavy atom. The fraction of sp³-hybridized carbons (Fsp3) is 0.552. The number of carbonyl (C=O) groups excluding carboxylic acids is 2. The summed E-state index contributed by atoms with van der Waals surface area (Å²) in [4.78, 5) is 35.5. The molecule has 0 spiro atoms. The predicted molar refractivity (Wildman–Crippen MR) is 149 cm³/mol. The van der Waals surface area contributed by atoms with Crippen LogP contribution in [0.5, 0.6) is 0 Å². The van der Waals surface area contributed by atoms with Crippen LogP contribution in [0.4, 0.5) is 0 Å². The Morgan fingerprint density at radius 3 is 2.54 bits per heavy atom. The molecular weight excluding hydrogens is 464 g/mol. The topological polar surface area (TPSA) is 101 Å². The number of amides is 2. The number of aliphatic imine (C=N–C) groups is 1. The highest BCUT2D eigenvalue weighted by molar-refractivity contribution is 6.08. The molecule has 2 aromatic heterocycles. The van der Waals surface area contributed by atoms with Crippen LogP contribution in [0.15, 0.2) is 35.0 Å². The molecule has 4 rings (SSSR count). The van der Waals surface area contributed by atoms with Crippen LogP contribution >= 0.6 is 0 Å². The van der Waals surface area contributed by atoms with Crippen molar-refractivity contribution in [1.29, 1.82) is 0 Å². The zero-order valence-corrected chi connectivity index (χ0v) is 23.6. The lowest BCUT2D eigenvalue weighted by molar-refractivity contribution is -0.120. The maximum absolute atomic E-state index is 13.6. The molecule has 2 N–H and O–H groups in total. The number of hydrogen-bond donors (Lipinski definition) is 2. The molecule has 2 amide bonds. The van der Waals surface area contributed by atoms with Gasteiger partial charge in [0.25, 0.3) is 11.8 Å². The molecule has 0 aliphatic carbocycles. The number of nitrogens with zero attached hydrogens (tertiary/aromatic N) is 4. The zero-order chi connectivity index (χ0) is 27.3. The van der Waals surface area contributed by atoms with Crippen molar-refractivity contribution in [1.82, 2.24) is 25.4 Å². The number of hydrogen-bond acceptors (Lipinski definition) is 5. The first-order valence-electron chi connectivity index (χ1n) is 13.2. The van der Waals surface area contributed by atoms with Crippen molar-refractivity contribution in [2.45, 2.75) is 85.9 Å². The van der Waals surface area contributed by atoms with Gasteiger partial charge in [-0.25, -0.2) is 14.7 Å². The van der Waals surface area contributed by atoms with Crippen molar-refractivity contribution in [3.05, 3.63) is 41.2 Å². The van der Waals surface area contributed by atoms with E-state index in [0.29, 0.717) is 22.3 Å². The third-order valence-corrected chi connectivity index (χ3v) is 6.95. The van der Waals surface area contributed by atoms with Crippen LogP contribution in [0.1, 0.15) is 90.8 Å². The van der Waals surface area contributed by atoms with Crippen molar-refractivity contribution in [3.63, 3.8) is 0 Å². The maximum atomic E-state index is 13.6. The lowest BCUT2D eigenvalue weighted by Crippen LogP contribution is -2.53. The summed E-state index contributed by atoms with van der Waals surface area (Å²) in [6, 6.07) is 1.96. The van der Waals surface area contributed by atoms with Crippen LogP contribution in [0.2, 0.25) is 0 Å². The molecule has 0 bridgehead atoms. The summed E-state index contributed by atoms with van der Waals surface area (Å²) in [6.45, 7) is 18.9. The third kappa shape index (κ3) is 5.59. The van der Waals surface area contributed by atoms with Crippen LogP contribution < -0.4 is 10.6 Å². The average molecular weight is 505 g/mol. The Morgan fingerprint density at radius 2 is 1.92 bits per heavy atom. The van der Waals surface area contributed by atoms with Crippen LogP contribution in [0.25, 0.3) is 16.6 Å². The molecule has 4 heterocycles. The second-order valence-electron chi connectivity index (χ2n) is 12.2. The van der Waals surface area contributed by atoms with Gasteiger partial charge in [0.05, 0.1) is 28.8 Å². The van der Waals surface area contributed by atoms with Gasteiger partial charge in [0, 0.05) is 29.4 Å². The second-order valence-corrected chi connectivity index (χ2v) is 12.2. The number of allylic oxidation sites excluding steroid dienone is 1. The van der Waals surface area contributed by atoms with Gasteiger partial charge in [0.2, 0.25) is 0 Å². The number of rotatable bonds is 6. The first-order valence-corrected chi connectivity index (χ1v) is 13.2. The smallest absolute Gasteiger partial charge is 0.254 e. The van der Waals surface area contributed by atoms with Crippen LogP contribution in [0, 0.1) is 11.8 Å². The molecular formula is C29H40N6O2. The number of nitrogens with one attached hydrogen (secondary N) is 2. The van der Waals surface area contributed by atoms with E-state index in [4.69, 9.17) is 4.98 Å². The SMILES string of the molecule is CC1=NC(=O)C(CNC(=O)c2cc(C3=CC(C)(C)NC(C)(C)C3)nc3c2cnn3C(C)C)C(C(C)C)=C1. The molecule has 2 aliphatic rings. The fourth-order valence-corrected chi connectivity index (χ4v) is 5.66. The number of fused-ring (bicyclic) bond motifs is 1. The molecule has 0 saturated carbocycles. The molecule has 2 aromatic rings. The Bertz CT molecular complexity index is 1340. The van der Waals surface area contributed by atoms with E-state index in [-0.39, 0.29) is 41.4 Å². The lowest BCUT2D eigenvalue weighted by Gasteiger charge is -2.41. The summed E-state index contributed by atoms with van der Waals surface area (Å²) in [5, 5.41) is 11.9. The minimum absolute atomic E-state index is 0.0887. The second kappa shape index (κ2) is 9.63. The van der Waals surface area contributed by atoms with E-state index in [1.54, 1.807) is 6.20 Å². The van der Waals surface area contributed by atoms with E-state index in [9.17, 15) is 9.59 Å². The average Bonchev–Trinajstić information content (AvgIpc) is 3.19. The standard InChI is InChI=1S/C29H40N6O2/c1-16(2)20-10-18(5)32-27(37)23(20)14-30-26(36)21-11-24(19-12-28(6,7)34-29(8,9)13-19)33-25-22(21)15-31-35(25)17(3)4/h10-12,15-17,23,34H,13-14H2,1-9H3,(H,30,36). The predicted octanol–water partition coefficient (Wildman–Crippen LogP) is 4.88. The lowest BCUT2D eigenvalue weighted by atomic mass is 9.82. The summed E-state index contributed by atoms with van der Waals surface area (Å²) in [6.07, 6.45) is 6.66. The van der Waals surface area contributed by atoms with Crippen LogP contribution in [0.3, 0.4) is 0 Å². The molecule has 2 aliphatic heterocycles. The van der Waals surface area contributed by atoms with Gasteiger partial charge in [0.1, 0.15) is 0 Å². The van der Waals surface area contributed by atoms with Gasteiger partial charge in [-0.1, -0.05) is 25.5 Å². The van der Waals surface area contributed by atoms with Gasteiger partial charge < -0.3 is 10.6 Å². The Labute approximate surface area is 219 Å². The monoisotopic (exact) mass is 504 g/mol. The van der Waals surface area contributed by atoms with Gasteiger partial charge in [-0.2, -0.15) is 5.10 Å². The van der Waals surface area contributed by atoms with Gasteiger partial charge >= 0.3 is 0 Å². The molecule has 1 unspecified atom stereocenters. The minimum Gasteiger partial charge on any atom is -0.351 e. The normalized spacial score (nSPS) is 21.2. The summed E-state index contributed by atoms with van der Waals surface area (Å²) < 4.78 is 1.86. The zero-order valence-electron chi connectivity index (χ0n) is 23.6. The summed E-state index contributed by atoms with van der Waals surface area (Å²) in [5.74, 6) is -0.733. The van der Waals surface area contributed by atoms with Crippen molar-refractivity contribution < 1.29 is 9.59 Å². The van der Waals surface area contributed by atoms with Crippen molar-refractivity contribution in [2.24, 2.45) is 16.8 Å². The van der Waals surface area contributed by atoms with Crippen LogP contribution in [-0.2, 0) is 4.79 Å². The highest BCUT2D eigenvalue weighted by Crippen LogP contribution is 2.35. The number of dihydropyridines is 1. The highest BCUT2D eigenvalue weighted by Gasteiger charge is 2.34. The van der Waals surface area contributed by atoms with E-state index in [0.717, 1.165) is 23.3 Å². The molecule has 0 fully saturated rings. The largest absolute Gasteiger partial charge is 0.351 e. The maximum Gasteiger partial charge on any atom is 0.254 e. The van der Waals surface area contributed by atoms with E-state index in [1.807, 2.05) is 37.6 Å². The van der Waals surface area contributed by atoms with E-state index >= 15 is 0 Å². The first kappa shape index (κ1) is 26.9. The molecule has 1 atom stereocenters. The molecule has 8 heteroatoms. The number of aromatic nitrogens is 3. The van der Waals surface area contributed by atoms with Crippen molar-refractivity contribution in [3.8, 4) is 0 Å². The molecule has 0 saturated heterocycles. The Hall–Kier alpha value is -3.13. The van der Waals surface area contributed by atoms with Crippen molar-refractivity contribution >= 4 is 34.1 Å². The molecule has 37 heavy (non-hydrogen) atoms. The van der Waals surface area contributed by atoms with Crippen molar-refractivity contribution in [2.75, 3.05) is 6.54 Å². The Balaban J connectivity index is 1.73. The minimum atomic E-state index is -0.462. The summed E-state index contributed by atoms with van der Waals surface area (Å²) in [7, 11) is 0. The van der Waals surface area contributed by atoms with E-state index in [1.165, 1.54) is 0 Å². The van der Waals surface area contributed by atoms with Gasteiger partial charge in [-0.15, -0.1) is 0 Å². The molecule has 0 radical (unpaired) electrons. The molecule has 0 aromatic carbocycles. The van der Waals surface area contributed by atoms with E-state index in [2.05, 4.69) is 68.3 Å². The number of pyridine rings is 1. The number of carbonyl (C=O) groups is 2.